The normalized spacial score (nSPS) is 24.9. The molecule has 140 valence electrons. The van der Waals surface area contributed by atoms with Crippen molar-refractivity contribution >= 4 is 12.0 Å². The molecule has 0 N–H and O–H groups in total. The molecule has 7 nitrogen and oxygen atoms in total. The van der Waals surface area contributed by atoms with Gasteiger partial charge in [-0.25, -0.2) is 0 Å². The van der Waals surface area contributed by atoms with Crippen LogP contribution in [-0.2, 0) is 14.3 Å². The Morgan fingerprint density at radius 3 is 2.56 bits per heavy atom. The summed E-state index contributed by atoms with van der Waals surface area (Å²) in [5.74, 6) is -0.167. The summed E-state index contributed by atoms with van der Waals surface area (Å²) in [6.07, 6.45) is -3.75. The van der Waals surface area contributed by atoms with Crippen molar-refractivity contribution in [3.05, 3.63) is 5.89 Å². The average molecular weight is 363 g/mol. The summed E-state index contributed by atoms with van der Waals surface area (Å²) >= 11 is 0. The van der Waals surface area contributed by atoms with Crippen LogP contribution in [-0.4, -0.2) is 48.3 Å². The van der Waals surface area contributed by atoms with Gasteiger partial charge in [-0.1, -0.05) is 5.10 Å². The minimum Gasteiger partial charge on any atom is -0.466 e. The third-order valence-electron chi connectivity index (χ3n) is 4.56. The molecule has 1 aromatic rings. The van der Waals surface area contributed by atoms with E-state index in [2.05, 4.69) is 14.9 Å². The zero-order valence-electron chi connectivity index (χ0n) is 13.8. The van der Waals surface area contributed by atoms with Gasteiger partial charge in [0.05, 0.1) is 18.6 Å². The Morgan fingerprint density at radius 1 is 1.28 bits per heavy atom. The van der Waals surface area contributed by atoms with Crippen LogP contribution in [0.1, 0.15) is 44.4 Å². The number of hydrogen-bond donors (Lipinski definition) is 0. The Kier molecular flexibility index (Phi) is 5.16. The third-order valence-corrected chi connectivity index (χ3v) is 4.56. The molecule has 10 heteroatoms. The molecule has 0 bridgehead atoms. The summed E-state index contributed by atoms with van der Waals surface area (Å²) in [7, 11) is 0. The second kappa shape index (κ2) is 7.19. The molecule has 0 spiro atoms. The van der Waals surface area contributed by atoms with Gasteiger partial charge in [-0.2, -0.15) is 0 Å². The van der Waals surface area contributed by atoms with Gasteiger partial charge in [0.2, 0.25) is 5.89 Å². The predicted octanol–water partition coefficient (Wildman–Crippen LogP) is 2.63. The summed E-state index contributed by atoms with van der Waals surface area (Å²) < 4.78 is 51.0. The van der Waals surface area contributed by atoms with Crippen LogP contribution in [0.15, 0.2) is 4.42 Å². The van der Waals surface area contributed by atoms with E-state index in [1.807, 2.05) is 4.90 Å². The Morgan fingerprint density at radius 2 is 1.96 bits per heavy atom. The standard InChI is InChI=1S/C15H20F3N3O4/c1-2-23-13(22)9-3-5-21(6-4-9)14-20-19-12(24-14)10-7-11(8-10)25-15(16,17)18/h9-11H,2-8H2,1H3/t10-,11+. The number of anilines is 1. The first-order valence-electron chi connectivity index (χ1n) is 8.35. The van der Waals surface area contributed by atoms with Crippen LogP contribution in [0.25, 0.3) is 0 Å². The van der Waals surface area contributed by atoms with Gasteiger partial charge in [0, 0.05) is 19.0 Å². The fourth-order valence-electron chi connectivity index (χ4n) is 3.14. The Labute approximate surface area is 142 Å². The summed E-state index contributed by atoms with van der Waals surface area (Å²) in [6, 6.07) is 0.345. The topological polar surface area (TPSA) is 77.7 Å². The number of carbonyl (C=O) groups is 1. The highest BCUT2D eigenvalue weighted by Crippen LogP contribution is 2.41. The fourth-order valence-corrected chi connectivity index (χ4v) is 3.14. The summed E-state index contributed by atoms with van der Waals surface area (Å²) in [4.78, 5) is 13.6. The molecule has 0 radical (unpaired) electrons. The van der Waals surface area contributed by atoms with Crippen molar-refractivity contribution in [3.63, 3.8) is 0 Å². The molecule has 0 atom stereocenters. The number of aromatic nitrogens is 2. The largest absolute Gasteiger partial charge is 0.522 e. The molecule has 0 unspecified atom stereocenters. The van der Waals surface area contributed by atoms with Crippen LogP contribution in [0.2, 0.25) is 0 Å². The maximum absolute atomic E-state index is 12.1. The number of ether oxygens (including phenoxy) is 2. The lowest BCUT2D eigenvalue weighted by Crippen LogP contribution is -2.37. The maximum atomic E-state index is 12.1. The molecule has 1 aliphatic heterocycles. The minimum absolute atomic E-state index is 0.120. The van der Waals surface area contributed by atoms with Gasteiger partial charge < -0.3 is 14.1 Å². The zero-order valence-corrected chi connectivity index (χ0v) is 13.8. The van der Waals surface area contributed by atoms with Crippen molar-refractivity contribution in [3.8, 4) is 0 Å². The molecule has 1 saturated carbocycles. The quantitative estimate of drug-likeness (QED) is 0.744. The molecule has 2 aliphatic rings. The minimum atomic E-state index is -4.61. The van der Waals surface area contributed by atoms with Crippen LogP contribution in [0.4, 0.5) is 19.2 Å². The van der Waals surface area contributed by atoms with Gasteiger partial charge in [-0.3, -0.25) is 9.53 Å². The Hall–Kier alpha value is -1.84. The molecule has 1 saturated heterocycles. The number of piperidine rings is 1. The van der Waals surface area contributed by atoms with Gasteiger partial charge in [-0.05, 0) is 32.6 Å². The first-order valence-corrected chi connectivity index (χ1v) is 8.35. The van der Waals surface area contributed by atoms with Crippen molar-refractivity contribution in [2.45, 2.75) is 51.0 Å². The number of carbonyl (C=O) groups excluding carboxylic acids is 1. The van der Waals surface area contributed by atoms with E-state index in [1.54, 1.807) is 6.92 Å². The molecule has 1 aromatic heterocycles. The molecule has 0 aromatic carbocycles. The lowest BCUT2D eigenvalue weighted by Gasteiger charge is -2.33. The van der Waals surface area contributed by atoms with Crippen molar-refractivity contribution in [1.29, 1.82) is 0 Å². The highest BCUT2D eigenvalue weighted by molar-refractivity contribution is 5.72. The number of alkyl halides is 3. The van der Waals surface area contributed by atoms with Gasteiger partial charge >= 0.3 is 18.3 Å². The molecule has 2 fully saturated rings. The molecule has 0 amide bonds. The number of rotatable bonds is 5. The smallest absolute Gasteiger partial charge is 0.466 e. The van der Waals surface area contributed by atoms with E-state index in [9.17, 15) is 18.0 Å². The van der Waals surface area contributed by atoms with E-state index >= 15 is 0 Å². The third kappa shape index (κ3) is 4.42. The van der Waals surface area contributed by atoms with Crippen molar-refractivity contribution in [2.24, 2.45) is 5.92 Å². The summed E-state index contributed by atoms with van der Waals surface area (Å²) in [5, 5.41) is 7.92. The van der Waals surface area contributed by atoms with Gasteiger partial charge in [-0.15, -0.1) is 18.3 Å². The van der Waals surface area contributed by atoms with E-state index in [-0.39, 0.29) is 30.6 Å². The monoisotopic (exact) mass is 363 g/mol. The van der Waals surface area contributed by atoms with Gasteiger partial charge in [0.15, 0.2) is 0 Å². The maximum Gasteiger partial charge on any atom is 0.522 e. The zero-order chi connectivity index (χ0) is 18.0. The van der Waals surface area contributed by atoms with E-state index in [1.165, 1.54) is 0 Å². The summed E-state index contributed by atoms with van der Waals surface area (Å²) in [5.41, 5.74) is 0. The molecule has 3 rings (SSSR count). The number of esters is 1. The van der Waals surface area contributed by atoms with Crippen LogP contribution < -0.4 is 4.90 Å². The van der Waals surface area contributed by atoms with Gasteiger partial charge in [0.1, 0.15) is 0 Å². The molecular formula is C15H20F3N3O4. The van der Waals surface area contributed by atoms with Crippen LogP contribution in [0.5, 0.6) is 0 Å². The lowest BCUT2D eigenvalue weighted by atomic mass is 9.82. The van der Waals surface area contributed by atoms with Gasteiger partial charge in [0.25, 0.3) is 0 Å². The van der Waals surface area contributed by atoms with Crippen molar-refractivity contribution in [1.82, 2.24) is 10.2 Å². The first-order chi connectivity index (χ1) is 11.9. The molecule has 1 aliphatic carbocycles. The number of nitrogens with zero attached hydrogens (tertiary/aromatic N) is 3. The highest BCUT2D eigenvalue weighted by Gasteiger charge is 2.42. The summed E-state index contributed by atoms with van der Waals surface area (Å²) in [6.45, 7) is 3.33. The van der Waals surface area contributed by atoms with Crippen LogP contribution in [0, 0.1) is 5.92 Å². The fraction of sp³-hybridized carbons (Fsp3) is 0.800. The SMILES string of the molecule is CCOC(=O)C1CCN(c2nnc([C@H]3C[C@@H](OC(F)(F)F)C3)o2)CC1. The number of halogens is 3. The first kappa shape index (κ1) is 18.0. The second-order valence-corrected chi connectivity index (χ2v) is 6.29. The molecule has 25 heavy (non-hydrogen) atoms. The van der Waals surface area contributed by atoms with Crippen LogP contribution >= 0.6 is 0 Å². The molecular weight excluding hydrogens is 343 g/mol. The molecule has 2 heterocycles. The van der Waals surface area contributed by atoms with E-state index < -0.39 is 12.5 Å². The Balaban J connectivity index is 1.48. The Bertz CT molecular complexity index is 593. The lowest BCUT2D eigenvalue weighted by molar-refractivity contribution is -0.352. The van der Waals surface area contributed by atoms with Crippen molar-refractivity contribution < 1.29 is 31.9 Å². The van der Waals surface area contributed by atoms with E-state index in [4.69, 9.17) is 9.15 Å². The second-order valence-electron chi connectivity index (χ2n) is 6.29. The van der Waals surface area contributed by atoms with Crippen LogP contribution in [0.3, 0.4) is 0 Å². The highest BCUT2D eigenvalue weighted by atomic mass is 19.4. The van der Waals surface area contributed by atoms with Crippen molar-refractivity contribution in [2.75, 3.05) is 24.6 Å². The predicted molar refractivity (Wildman–Crippen MR) is 78.8 cm³/mol. The average Bonchev–Trinajstić information content (AvgIpc) is 2.99. The number of hydrogen-bond acceptors (Lipinski definition) is 7. The van der Waals surface area contributed by atoms with E-state index in [0.717, 1.165) is 0 Å². The van der Waals surface area contributed by atoms with E-state index in [0.29, 0.717) is 44.4 Å².